The number of methoxy groups -OCH3 is 1. The Balaban J connectivity index is 2.26. The second-order valence-electron chi connectivity index (χ2n) is 4.14. The van der Waals surface area contributed by atoms with Crippen LogP contribution in [0.25, 0.3) is 11.4 Å². The molecule has 0 unspecified atom stereocenters. The van der Waals surface area contributed by atoms with Crippen molar-refractivity contribution in [3.8, 4) is 11.4 Å². The molecule has 0 saturated heterocycles. The summed E-state index contributed by atoms with van der Waals surface area (Å²) in [5.41, 5.74) is 3.14. The van der Waals surface area contributed by atoms with Gasteiger partial charge in [-0.3, -0.25) is 4.79 Å². The molecule has 5 nitrogen and oxygen atoms in total. The van der Waals surface area contributed by atoms with E-state index in [0.29, 0.717) is 5.82 Å². The average molecular weight is 246 g/mol. The Morgan fingerprint density at radius 3 is 2.56 bits per heavy atom. The number of benzene rings is 1. The number of hydrogen-bond acceptors (Lipinski definition) is 5. The van der Waals surface area contributed by atoms with Crippen molar-refractivity contribution in [3.63, 3.8) is 0 Å². The predicted octanol–water partition coefficient (Wildman–Crippen LogP) is 2.07. The van der Waals surface area contributed by atoms with Crippen molar-refractivity contribution in [3.05, 3.63) is 35.2 Å². The van der Waals surface area contributed by atoms with Crippen LogP contribution in [-0.4, -0.2) is 23.2 Å². The summed E-state index contributed by atoms with van der Waals surface area (Å²) in [6.45, 7) is 4.01. The molecule has 0 radical (unpaired) electrons. The number of aromatic nitrogens is 2. The molecule has 0 fully saturated rings. The van der Waals surface area contributed by atoms with Crippen LogP contribution in [0, 0.1) is 13.8 Å². The first-order valence-corrected chi connectivity index (χ1v) is 5.56. The molecular formula is C13H14N2O3. The number of carbonyl (C=O) groups excluding carboxylic acids is 1. The minimum absolute atomic E-state index is 0.00566. The second kappa shape index (κ2) is 5.00. The molecule has 0 N–H and O–H groups in total. The van der Waals surface area contributed by atoms with Gasteiger partial charge in [-0.15, -0.1) is 0 Å². The van der Waals surface area contributed by atoms with Crippen molar-refractivity contribution >= 4 is 5.97 Å². The van der Waals surface area contributed by atoms with Crippen LogP contribution in [0.4, 0.5) is 0 Å². The summed E-state index contributed by atoms with van der Waals surface area (Å²) in [5.74, 6) is 0.349. The molecule has 0 atom stereocenters. The first kappa shape index (κ1) is 12.3. The van der Waals surface area contributed by atoms with E-state index in [9.17, 15) is 4.79 Å². The molecule has 2 rings (SSSR count). The first-order valence-electron chi connectivity index (χ1n) is 5.56. The number of hydrogen-bond donors (Lipinski definition) is 0. The monoisotopic (exact) mass is 246 g/mol. The Labute approximate surface area is 105 Å². The van der Waals surface area contributed by atoms with Crippen LogP contribution < -0.4 is 0 Å². The molecule has 0 spiro atoms. The lowest BCUT2D eigenvalue weighted by atomic mass is 10.1. The van der Waals surface area contributed by atoms with Gasteiger partial charge in [0.25, 0.3) is 0 Å². The molecule has 2 aromatic rings. The lowest BCUT2D eigenvalue weighted by Crippen LogP contribution is -2.04. The average Bonchev–Trinajstić information content (AvgIpc) is 2.76. The van der Waals surface area contributed by atoms with Crippen LogP contribution >= 0.6 is 0 Å². The molecule has 0 bridgehead atoms. The number of aryl methyl sites for hydroxylation is 2. The summed E-state index contributed by atoms with van der Waals surface area (Å²) < 4.78 is 9.55. The second-order valence-corrected chi connectivity index (χ2v) is 4.14. The SMILES string of the molecule is COC(=O)Cc1nc(-c2cc(C)cc(C)c2)no1. The molecule has 5 heteroatoms. The third kappa shape index (κ3) is 2.74. The molecule has 1 aromatic heterocycles. The minimum Gasteiger partial charge on any atom is -0.469 e. The van der Waals surface area contributed by atoms with Gasteiger partial charge in [0.2, 0.25) is 11.7 Å². The molecule has 1 aromatic carbocycles. The molecule has 0 amide bonds. The van der Waals surface area contributed by atoms with Gasteiger partial charge < -0.3 is 9.26 Å². The minimum atomic E-state index is -0.398. The molecular weight excluding hydrogens is 232 g/mol. The topological polar surface area (TPSA) is 65.2 Å². The highest BCUT2D eigenvalue weighted by Gasteiger charge is 2.12. The number of esters is 1. The standard InChI is InChI=1S/C13H14N2O3/c1-8-4-9(2)6-10(5-8)13-14-11(18-15-13)7-12(16)17-3/h4-6H,7H2,1-3H3. The number of ether oxygens (including phenoxy) is 1. The van der Waals surface area contributed by atoms with E-state index in [1.54, 1.807) is 0 Å². The fourth-order valence-electron chi connectivity index (χ4n) is 1.74. The van der Waals surface area contributed by atoms with Gasteiger partial charge in [-0.2, -0.15) is 4.98 Å². The van der Waals surface area contributed by atoms with E-state index in [1.165, 1.54) is 7.11 Å². The van der Waals surface area contributed by atoms with E-state index in [4.69, 9.17) is 4.52 Å². The van der Waals surface area contributed by atoms with Gasteiger partial charge in [-0.1, -0.05) is 22.3 Å². The lowest BCUT2D eigenvalue weighted by Gasteiger charge is -1.99. The zero-order valence-corrected chi connectivity index (χ0v) is 10.6. The summed E-state index contributed by atoms with van der Waals surface area (Å²) in [6.07, 6.45) is -0.00566. The summed E-state index contributed by atoms with van der Waals surface area (Å²) in [5, 5.41) is 3.86. The van der Waals surface area contributed by atoms with E-state index < -0.39 is 5.97 Å². The van der Waals surface area contributed by atoms with Crippen LogP contribution in [0.15, 0.2) is 22.7 Å². The number of rotatable bonds is 3. The van der Waals surface area contributed by atoms with Gasteiger partial charge >= 0.3 is 5.97 Å². The molecule has 0 saturated carbocycles. The van der Waals surface area contributed by atoms with Crippen LogP contribution in [0.5, 0.6) is 0 Å². The van der Waals surface area contributed by atoms with Gasteiger partial charge in [-0.05, 0) is 26.0 Å². The Hall–Kier alpha value is -2.17. The molecule has 0 aliphatic rings. The van der Waals surface area contributed by atoms with Crippen LogP contribution in [-0.2, 0) is 16.0 Å². The first-order chi connectivity index (χ1) is 8.58. The van der Waals surface area contributed by atoms with Crippen molar-refractivity contribution in [2.75, 3.05) is 7.11 Å². The highest BCUT2D eigenvalue weighted by atomic mass is 16.5. The molecule has 94 valence electrons. The van der Waals surface area contributed by atoms with E-state index in [0.717, 1.165) is 16.7 Å². The maximum Gasteiger partial charge on any atom is 0.315 e. The summed E-state index contributed by atoms with van der Waals surface area (Å²) >= 11 is 0. The van der Waals surface area contributed by atoms with Crippen molar-refractivity contribution in [2.24, 2.45) is 0 Å². The van der Waals surface area contributed by atoms with Crippen molar-refractivity contribution in [1.29, 1.82) is 0 Å². The van der Waals surface area contributed by atoms with Gasteiger partial charge in [-0.25, -0.2) is 0 Å². The highest BCUT2D eigenvalue weighted by Crippen LogP contribution is 2.19. The fourth-order valence-corrected chi connectivity index (χ4v) is 1.74. The van der Waals surface area contributed by atoms with E-state index >= 15 is 0 Å². The molecule has 18 heavy (non-hydrogen) atoms. The fraction of sp³-hybridized carbons (Fsp3) is 0.308. The van der Waals surface area contributed by atoms with Crippen molar-refractivity contribution in [1.82, 2.24) is 10.1 Å². The van der Waals surface area contributed by atoms with Crippen LogP contribution in [0.2, 0.25) is 0 Å². The maximum absolute atomic E-state index is 11.1. The van der Waals surface area contributed by atoms with E-state index in [-0.39, 0.29) is 12.3 Å². The third-order valence-electron chi connectivity index (χ3n) is 2.47. The van der Waals surface area contributed by atoms with Crippen LogP contribution in [0.3, 0.4) is 0 Å². The molecule has 0 aliphatic heterocycles. The third-order valence-corrected chi connectivity index (χ3v) is 2.47. The summed E-state index contributed by atoms with van der Waals surface area (Å²) in [7, 11) is 1.32. The Kier molecular flexibility index (Phi) is 3.41. The summed E-state index contributed by atoms with van der Waals surface area (Å²) in [6, 6.07) is 6.01. The Bertz CT molecular complexity index is 555. The highest BCUT2D eigenvalue weighted by molar-refractivity contribution is 5.71. The van der Waals surface area contributed by atoms with Gasteiger partial charge in [0.05, 0.1) is 7.11 Å². The molecule has 0 aliphatic carbocycles. The Morgan fingerprint density at radius 2 is 1.94 bits per heavy atom. The summed E-state index contributed by atoms with van der Waals surface area (Å²) in [4.78, 5) is 15.3. The normalized spacial score (nSPS) is 10.4. The zero-order chi connectivity index (χ0) is 13.1. The quantitative estimate of drug-likeness (QED) is 0.775. The van der Waals surface area contributed by atoms with Gasteiger partial charge in [0.1, 0.15) is 6.42 Å². The predicted molar refractivity (Wildman–Crippen MR) is 64.9 cm³/mol. The molecule has 1 heterocycles. The van der Waals surface area contributed by atoms with Crippen molar-refractivity contribution < 1.29 is 14.1 Å². The largest absolute Gasteiger partial charge is 0.469 e. The zero-order valence-electron chi connectivity index (χ0n) is 10.6. The lowest BCUT2D eigenvalue weighted by molar-refractivity contribution is -0.140. The number of carbonyl (C=O) groups is 1. The van der Waals surface area contributed by atoms with E-state index in [2.05, 4.69) is 20.9 Å². The number of nitrogens with zero attached hydrogens (tertiary/aromatic N) is 2. The van der Waals surface area contributed by atoms with Gasteiger partial charge in [0, 0.05) is 5.56 Å². The smallest absolute Gasteiger partial charge is 0.315 e. The van der Waals surface area contributed by atoms with Crippen molar-refractivity contribution in [2.45, 2.75) is 20.3 Å². The van der Waals surface area contributed by atoms with Crippen LogP contribution in [0.1, 0.15) is 17.0 Å². The maximum atomic E-state index is 11.1. The van der Waals surface area contributed by atoms with E-state index in [1.807, 2.05) is 26.0 Å². The Morgan fingerprint density at radius 1 is 1.28 bits per heavy atom. The van der Waals surface area contributed by atoms with Gasteiger partial charge in [0.15, 0.2) is 0 Å².